The highest BCUT2D eigenvalue weighted by Gasteiger charge is 2.40. The number of fused-ring (bicyclic) bond motifs is 1. The maximum Gasteiger partial charge on any atom is 0.414 e. The molecule has 2 heterocycles. The van der Waals surface area contributed by atoms with Gasteiger partial charge in [-0.1, -0.05) is 61.5 Å². The Kier molecular flexibility index (Phi) is 5.81. The fraction of sp³-hybridized carbons (Fsp3) is 0.217. The second-order valence-electron chi connectivity index (χ2n) is 7.26. The van der Waals surface area contributed by atoms with E-state index in [0.29, 0.717) is 13.2 Å². The van der Waals surface area contributed by atoms with E-state index in [2.05, 4.69) is 10.6 Å². The van der Waals surface area contributed by atoms with Crippen molar-refractivity contribution < 1.29 is 19.2 Å². The minimum atomic E-state index is -0.704. The molecule has 30 heavy (non-hydrogen) atoms. The third-order valence-corrected chi connectivity index (χ3v) is 5.02. The van der Waals surface area contributed by atoms with Crippen molar-refractivity contribution in [3.05, 3.63) is 82.6 Å². The summed E-state index contributed by atoms with van der Waals surface area (Å²) < 4.78 is 5.35. The topological polar surface area (TPSA) is 79.9 Å². The molecule has 7 nitrogen and oxygen atoms in total. The highest BCUT2D eigenvalue weighted by molar-refractivity contribution is 5.87. The lowest BCUT2D eigenvalue weighted by Gasteiger charge is -2.17. The van der Waals surface area contributed by atoms with Crippen molar-refractivity contribution in [3.8, 4) is 0 Å². The van der Waals surface area contributed by atoms with Crippen LogP contribution in [0.3, 0.4) is 0 Å². The van der Waals surface area contributed by atoms with Crippen molar-refractivity contribution in [1.29, 1.82) is 0 Å². The number of hydrogen-bond donors (Lipinski definition) is 2. The first-order valence-corrected chi connectivity index (χ1v) is 9.80. The van der Waals surface area contributed by atoms with E-state index >= 15 is 0 Å². The van der Waals surface area contributed by atoms with E-state index in [1.54, 1.807) is 12.3 Å². The Labute approximate surface area is 174 Å². The molecule has 0 radical (unpaired) electrons. The Morgan fingerprint density at radius 2 is 1.83 bits per heavy atom. The van der Waals surface area contributed by atoms with Crippen LogP contribution in [-0.4, -0.2) is 29.7 Å². The van der Waals surface area contributed by atoms with E-state index in [1.165, 1.54) is 5.06 Å². The molecule has 0 bridgehead atoms. The van der Waals surface area contributed by atoms with Crippen LogP contribution in [0.15, 0.2) is 66.6 Å². The van der Waals surface area contributed by atoms with Gasteiger partial charge in [0.1, 0.15) is 12.6 Å². The van der Waals surface area contributed by atoms with Gasteiger partial charge in [0.05, 0.1) is 6.54 Å². The maximum absolute atomic E-state index is 12.7. The molecule has 0 aliphatic carbocycles. The molecule has 2 atom stereocenters. The minimum absolute atomic E-state index is 0.112. The van der Waals surface area contributed by atoms with Crippen LogP contribution in [0, 0.1) is 5.92 Å². The van der Waals surface area contributed by atoms with Crippen LogP contribution in [0.25, 0.3) is 12.3 Å². The average Bonchev–Trinajstić information content (AvgIpc) is 2.92. The number of nitrogens with zero attached hydrogens (tertiary/aromatic N) is 1. The van der Waals surface area contributed by atoms with Gasteiger partial charge in [-0.25, -0.2) is 9.86 Å². The van der Waals surface area contributed by atoms with Gasteiger partial charge in [-0.3, -0.25) is 9.63 Å². The number of rotatable bonds is 5. The molecule has 7 heteroatoms. The Morgan fingerprint density at radius 3 is 2.63 bits per heavy atom. The molecule has 2 unspecified atom stereocenters. The highest BCUT2D eigenvalue weighted by atomic mass is 16.7. The summed E-state index contributed by atoms with van der Waals surface area (Å²) in [6.07, 6.45) is 4.60. The molecule has 0 aromatic heterocycles. The second-order valence-corrected chi connectivity index (χ2v) is 7.26. The predicted octanol–water partition coefficient (Wildman–Crippen LogP) is 1.35. The molecule has 1 saturated heterocycles. The van der Waals surface area contributed by atoms with Gasteiger partial charge in [0.2, 0.25) is 5.88 Å². The van der Waals surface area contributed by atoms with Crippen LogP contribution in [0.1, 0.15) is 12.5 Å². The maximum atomic E-state index is 12.7. The molecule has 0 spiro atoms. The van der Waals surface area contributed by atoms with Crippen molar-refractivity contribution in [2.24, 2.45) is 5.92 Å². The summed E-state index contributed by atoms with van der Waals surface area (Å²) in [4.78, 5) is 30.7. The summed E-state index contributed by atoms with van der Waals surface area (Å²) in [5.41, 5.74) is 0.966. The second kappa shape index (κ2) is 8.84. The van der Waals surface area contributed by atoms with E-state index in [4.69, 9.17) is 9.57 Å². The van der Waals surface area contributed by atoms with E-state index in [-0.39, 0.29) is 17.7 Å². The van der Waals surface area contributed by atoms with Crippen LogP contribution in [0.5, 0.6) is 0 Å². The highest BCUT2D eigenvalue weighted by Crippen LogP contribution is 2.19. The number of allylic oxidation sites excluding steroid dienone is 1. The van der Waals surface area contributed by atoms with E-state index in [0.717, 1.165) is 16.0 Å². The standard InChI is InChI=1S/C23H23N3O4/c1-16-14-26(29-15-17-7-3-2-4-8-17)22(27)21(16)25-23(28)30-20-12-11-18-9-5-6-10-19(18)13-24-20/h2-13,16,21,24H,14-15H2,1H3,(H,25,28). The van der Waals surface area contributed by atoms with Gasteiger partial charge in [0, 0.05) is 12.1 Å². The third-order valence-electron chi connectivity index (χ3n) is 5.02. The van der Waals surface area contributed by atoms with Crippen molar-refractivity contribution in [1.82, 2.24) is 15.7 Å². The molecule has 2 aromatic carbocycles. The number of nitrogens with one attached hydrogen (secondary N) is 2. The Bertz CT molecular complexity index is 1080. The summed E-state index contributed by atoms with van der Waals surface area (Å²) in [6.45, 7) is 2.57. The summed E-state index contributed by atoms with van der Waals surface area (Å²) >= 11 is 0. The molecule has 2 aliphatic heterocycles. The number of benzene rings is 2. The summed E-state index contributed by atoms with van der Waals surface area (Å²) in [6, 6.07) is 16.7. The molecule has 154 valence electrons. The van der Waals surface area contributed by atoms with Crippen LogP contribution in [0.2, 0.25) is 0 Å². The van der Waals surface area contributed by atoms with E-state index in [9.17, 15) is 9.59 Å². The Morgan fingerprint density at radius 1 is 1.10 bits per heavy atom. The average molecular weight is 405 g/mol. The number of alkyl carbamates (subject to hydrolysis) is 1. The van der Waals surface area contributed by atoms with Crippen LogP contribution >= 0.6 is 0 Å². The summed E-state index contributed by atoms with van der Waals surface area (Å²) in [5, 5.41) is 8.92. The van der Waals surface area contributed by atoms with Crippen LogP contribution in [-0.2, 0) is 21.0 Å². The molecule has 4 rings (SSSR count). The lowest BCUT2D eigenvalue weighted by Crippen LogP contribution is -2.44. The number of hydroxylamine groups is 2. The first-order valence-electron chi connectivity index (χ1n) is 9.80. The first kappa shape index (κ1) is 19.7. The lowest BCUT2D eigenvalue weighted by atomic mass is 10.1. The molecular weight excluding hydrogens is 382 g/mol. The molecule has 2 aliphatic rings. The quantitative estimate of drug-likeness (QED) is 0.785. The van der Waals surface area contributed by atoms with Crippen molar-refractivity contribution >= 4 is 24.3 Å². The molecular formula is C23H23N3O4. The Hall–Kier alpha value is -3.58. The summed E-state index contributed by atoms with van der Waals surface area (Å²) in [7, 11) is 0. The van der Waals surface area contributed by atoms with E-state index < -0.39 is 12.1 Å². The number of carbonyl (C=O) groups excluding carboxylic acids is 2. The van der Waals surface area contributed by atoms with Crippen LogP contribution in [0.4, 0.5) is 4.79 Å². The molecule has 2 N–H and O–H groups in total. The SMILES string of the molecule is CC1CN(OCc2ccccc2)C(=O)C1NC(=O)OC1=CC=c2ccccc2=CN1. The predicted molar refractivity (Wildman–Crippen MR) is 111 cm³/mol. The van der Waals surface area contributed by atoms with Crippen LogP contribution < -0.4 is 21.1 Å². The number of amides is 2. The lowest BCUT2D eigenvalue weighted by molar-refractivity contribution is -0.183. The zero-order valence-corrected chi connectivity index (χ0v) is 16.6. The zero-order valence-electron chi connectivity index (χ0n) is 16.6. The zero-order chi connectivity index (χ0) is 20.9. The monoisotopic (exact) mass is 405 g/mol. The number of hydrogen-bond acceptors (Lipinski definition) is 5. The van der Waals surface area contributed by atoms with Gasteiger partial charge >= 0.3 is 6.09 Å². The third kappa shape index (κ3) is 4.52. The van der Waals surface area contributed by atoms with Gasteiger partial charge in [-0.2, -0.15) is 0 Å². The molecule has 0 saturated carbocycles. The van der Waals surface area contributed by atoms with Crippen molar-refractivity contribution in [2.45, 2.75) is 19.6 Å². The molecule has 1 fully saturated rings. The normalized spacial score (nSPS) is 20.1. The smallest absolute Gasteiger partial charge is 0.393 e. The minimum Gasteiger partial charge on any atom is -0.393 e. The molecule has 2 aromatic rings. The number of carbonyl (C=O) groups is 2. The largest absolute Gasteiger partial charge is 0.414 e. The van der Waals surface area contributed by atoms with Gasteiger partial charge in [0.15, 0.2) is 0 Å². The van der Waals surface area contributed by atoms with Gasteiger partial charge < -0.3 is 15.4 Å². The van der Waals surface area contributed by atoms with Crippen molar-refractivity contribution in [2.75, 3.05) is 6.54 Å². The fourth-order valence-electron chi connectivity index (χ4n) is 3.38. The molecule has 2 amide bonds. The van der Waals surface area contributed by atoms with Gasteiger partial charge in [0.25, 0.3) is 5.91 Å². The van der Waals surface area contributed by atoms with Gasteiger partial charge in [-0.05, 0) is 28.2 Å². The number of ether oxygens (including phenoxy) is 1. The van der Waals surface area contributed by atoms with Gasteiger partial charge in [-0.15, -0.1) is 0 Å². The van der Waals surface area contributed by atoms with Crippen molar-refractivity contribution in [3.63, 3.8) is 0 Å². The first-order chi connectivity index (χ1) is 14.6. The van der Waals surface area contributed by atoms with E-state index in [1.807, 2.05) is 67.6 Å². The summed E-state index contributed by atoms with van der Waals surface area (Å²) in [5.74, 6) is -0.123. The Balaban J connectivity index is 1.33. The fourth-order valence-corrected chi connectivity index (χ4v) is 3.38.